The van der Waals surface area contributed by atoms with Crippen LogP contribution < -0.4 is 26.7 Å². The molecule has 0 spiro atoms. The maximum Gasteiger partial charge on any atom is 0.411 e. The Morgan fingerprint density at radius 2 is 1.62 bits per heavy atom. The van der Waals surface area contributed by atoms with Gasteiger partial charge in [-0.3, -0.25) is 24.7 Å². The van der Waals surface area contributed by atoms with Crippen molar-refractivity contribution in [3.05, 3.63) is 96.1 Å². The molecule has 3 aromatic carbocycles. The molecule has 14 heteroatoms. The number of aliphatic imine (C=N–C) groups is 1. The molecular weight excluding hydrogens is 618 g/mol. The highest BCUT2D eigenvalue weighted by molar-refractivity contribution is 6.20. The maximum absolute atomic E-state index is 14.1. The van der Waals surface area contributed by atoms with Crippen LogP contribution in [0.15, 0.2) is 95.0 Å². The Morgan fingerprint density at radius 3 is 2.29 bits per heavy atom. The van der Waals surface area contributed by atoms with Crippen LogP contribution in [0, 0.1) is 0 Å². The molecule has 0 radical (unpaired) electrons. The average Bonchev–Trinajstić information content (AvgIpc) is 3.14. The number of rotatable bonds is 11. The van der Waals surface area contributed by atoms with Gasteiger partial charge < -0.3 is 25.4 Å². The fraction of sp³-hybridized carbons (Fsp3) is 0.265. The van der Waals surface area contributed by atoms with E-state index in [1.807, 2.05) is 35.8 Å². The van der Waals surface area contributed by atoms with Crippen LogP contribution >= 0.6 is 0 Å². The van der Waals surface area contributed by atoms with E-state index < -0.39 is 60.7 Å². The van der Waals surface area contributed by atoms with Crippen LogP contribution in [-0.4, -0.2) is 72.7 Å². The second kappa shape index (κ2) is 16.0. The molecule has 0 fully saturated rings. The van der Waals surface area contributed by atoms with Crippen molar-refractivity contribution < 1.29 is 33.4 Å². The smallest absolute Gasteiger partial charge is 0.411 e. The average molecular weight is 656 g/mol. The van der Waals surface area contributed by atoms with Crippen molar-refractivity contribution in [1.29, 1.82) is 0 Å². The fourth-order valence-corrected chi connectivity index (χ4v) is 4.71. The summed E-state index contributed by atoms with van der Waals surface area (Å²) in [5.41, 5.74) is 8.95. The number of esters is 1. The Hall–Kier alpha value is -6.05. The van der Waals surface area contributed by atoms with E-state index in [9.17, 15) is 24.0 Å². The molecule has 0 saturated carbocycles. The first-order valence-electron chi connectivity index (χ1n) is 15.0. The molecule has 5 amide bonds. The largest absolute Gasteiger partial charge is 0.460 e. The summed E-state index contributed by atoms with van der Waals surface area (Å²) in [6.07, 6.45) is 0.0140. The number of fused-ring (bicyclic) bond motifs is 1. The first-order valence-corrected chi connectivity index (χ1v) is 15.0. The number of para-hydroxylation sites is 2. The van der Waals surface area contributed by atoms with Crippen molar-refractivity contribution in [1.82, 2.24) is 10.7 Å². The summed E-state index contributed by atoms with van der Waals surface area (Å²) in [5.74, 6) is -1.91. The third kappa shape index (κ3) is 10.2. The van der Waals surface area contributed by atoms with Gasteiger partial charge in [0.25, 0.3) is 5.91 Å². The molecular formula is C34H37N7O7. The van der Waals surface area contributed by atoms with E-state index in [4.69, 9.17) is 20.2 Å². The standard InChI is InChI=1S/C34H37N7O7/c1-34(2,3)48-29(43)18-24(19-36-40-32(35)45)37-28(42)20-41-27-17-11-10-16-25(27)30(22-12-6-4-7-13-22)39-26(31(41)44)21-47-33(46)38-23-14-8-5-9-15-23/h4-17,19,24,26H,18,20-21H2,1-3H3,(H,37,42)(H,38,46)(H3,35,40,45)/b36-19-/t24-,26+/m0/s1. The van der Waals surface area contributed by atoms with E-state index in [1.165, 1.54) is 4.90 Å². The molecule has 1 aliphatic heterocycles. The number of hydrogen-bond acceptors (Lipinski definition) is 9. The highest BCUT2D eigenvalue weighted by Gasteiger charge is 2.34. The van der Waals surface area contributed by atoms with E-state index in [0.29, 0.717) is 28.2 Å². The van der Waals surface area contributed by atoms with E-state index in [1.54, 1.807) is 75.4 Å². The van der Waals surface area contributed by atoms with Crippen LogP contribution in [0.5, 0.6) is 0 Å². The molecule has 2 atom stereocenters. The number of anilines is 2. The number of carbonyl (C=O) groups excluding carboxylic acids is 5. The van der Waals surface area contributed by atoms with Gasteiger partial charge in [-0.1, -0.05) is 66.7 Å². The number of amides is 5. The van der Waals surface area contributed by atoms with Crippen LogP contribution in [0.1, 0.15) is 38.3 Å². The molecule has 0 aliphatic carbocycles. The fourth-order valence-electron chi connectivity index (χ4n) is 4.71. The van der Waals surface area contributed by atoms with Crippen molar-refractivity contribution in [2.45, 2.75) is 44.9 Å². The van der Waals surface area contributed by atoms with Crippen molar-refractivity contribution in [2.24, 2.45) is 15.8 Å². The first-order chi connectivity index (χ1) is 22.9. The SMILES string of the molecule is CC(C)(C)OC(=O)C[C@@H](/C=N\NC(N)=O)NC(=O)CN1C(=O)[C@@H](COC(=O)Nc2ccccc2)N=C(c2ccccc2)c2ccccc21. The molecule has 0 saturated heterocycles. The van der Waals surface area contributed by atoms with Gasteiger partial charge in [0.1, 0.15) is 18.8 Å². The number of carbonyl (C=O) groups is 5. The molecule has 14 nitrogen and oxygen atoms in total. The summed E-state index contributed by atoms with van der Waals surface area (Å²) < 4.78 is 10.8. The number of nitrogens with two attached hydrogens (primary N) is 1. The predicted molar refractivity (Wildman–Crippen MR) is 180 cm³/mol. The number of hydrazone groups is 1. The van der Waals surface area contributed by atoms with Gasteiger partial charge in [0.15, 0.2) is 6.04 Å². The summed E-state index contributed by atoms with van der Waals surface area (Å²) >= 11 is 0. The number of urea groups is 1. The van der Waals surface area contributed by atoms with Gasteiger partial charge in [-0.15, -0.1) is 0 Å². The van der Waals surface area contributed by atoms with Crippen molar-refractivity contribution >= 4 is 53.2 Å². The number of nitrogens with one attached hydrogen (secondary N) is 3. The molecule has 4 rings (SSSR count). The zero-order chi connectivity index (χ0) is 34.7. The lowest BCUT2D eigenvalue weighted by atomic mass is 10.0. The van der Waals surface area contributed by atoms with Gasteiger partial charge in [-0.2, -0.15) is 5.10 Å². The van der Waals surface area contributed by atoms with E-state index in [-0.39, 0.29) is 6.42 Å². The van der Waals surface area contributed by atoms with Gasteiger partial charge in [0.05, 0.1) is 23.9 Å². The molecule has 48 heavy (non-hydrogen) atoms. The van der Waals surface area contributed by atoms with Gasteiger partial charge in [-0.05, 0) is 39.0 Å². The third-order valence-electron chi connectivity index (χ3n) is 6.61. The molecule has 0 unspecified atom stereocenters. The summed E-state index contributed by atoms with van der Waals surface area (Å²) in [6, 6.07) is 21.6. The van der Waals surface area contributed by atoms with E-state index in [0.717, 1.165) is 6.21 Å². The molecule has 0 aromatic heterocycles. The Kier molecular flexibility index (Phi) is 11.6. The summed E-state index contributed by atoms with van der Waals surface area (Å²) in [6.45, 7) is 4.16. The Bertz CT molecular complexity index is 1690. The minimum Gasteiger partial charge on any atom is -0.460 e. The summed E-state index contributed by atoms with van der Waals surface area (Å²) in [5, 5.41) is 8.95. The minimum absolute atomic E-state index is 0.328. The van der Waals surface area contributed by atoms with Crippen LogP contribution in [-0.2, 0) is 23.9 Å². The van der Waals surface area contributed by atoms with Crippen LogP contribution in [0.4, 0.5) is 21.0 Å². The zero-order valence-electron chi connectivity index (χ0n) is 26.7. The van der Waals surface area contributed by atoms with Gasteiger partial charge in [-0.25, -0.2) is 15.0 Å². The Morgan fingerprint density at radius 1 is 0.979 bits per heavy atom. The normalized spacial score (nSPS) is 15.0. The molecule has 5 N–H and O–H groups in total. The van der Waals surface area contributed by atoms with Crippen molar-refractivity contribution in [3.63, 3.8) is 0 Å². The van der Waals surface area contributed by atoms with Gasteiger partial charge in [0, 0.05) is 23.0 Å². The first kappa shape index (κ1) is 34.8. The number of hydrogen-bond donors (Lipinski definition) is 4. The van der Waals surface area contributed by atoms with Gasteiger partial charge >= 0.3 is 18.1 Å². The third-order valence-corrected chi connectivity index (χ3v) is 6.61. The molecule has 250 valence electrons. The molecule has 1 heterocycles. The summed E-state index contributed by atoms with van der Waals surface area (Å²) in [7, 11) is 0. The summed E-state index contributed by atoms with van der Waals surface area (Å²) in [4.78, 5) is 70.0. The number of primary amides is 1. The Labute approximate surface area is 277 Å². The van der Waals surface area contributed by atoms with Crippen molar-refractivity contribution in [2.75, 3.05) is 23.4 Å². The second-order valence-corrected chi connectivity index (χ2v) is 11.6. The number of ether oxygens (including phenoxy) is 2. The van der Waals surface area contributed by atoms with Crippen LogP contribution in [0.2, 0.25) is 0 Å². The highest BCUT2D eigenvalue weighted by atomic mass is 16.6. The van der Waals surface area contributed by atoms with E-state index in [2.05, 4.69) is 15.7 Å². The van der Waals surface area contributed by atoms with Crippen LogP contribution in [0.3, 0.4) is 0 Å². The zero-order valence-corrected chi connectivity index (χ0v) is 26.7. The number of benzene rings is 3. The highest BCUT2D eigenvalue weighted by Crippen LogP contribution is 2.29. The molecule has 1 aliphatic rings. The lowest BCUT2D eigenvalue weighted by Gasteiger charge is -2.26. The lowest BCUT2D eigenvalue weighted by molar-refractivity contribution is -0.155. The molecule has 0 bridgehead atoms. The predicted octanol–water partition coefficient (Wildman–Crippen LogP) is 3.36. The Balaban J connectivity index is 1.61. The van der Waals surface area contributed by atoms with Crippen LogP contribution in [0.25, 0.3) is 0 Å². The lowest BCUT2D eigenvalue weighted by Crippen LogP contribution is -2.48. The number of benzodiazepines with no additional fused rings is 1. The monoisotopic (exact) mass is 655 g/mol. The van der Waals surface area contributed by atoms with Gasteiger partial charge in [0.2, 0.25) is 5.91 Å². The quantitative estimate of drug-likeness (QED) is 0.138. The molecule has 3 aromatic rings. The van der Waals surface area contributed by atoms with Crippen molar-refractivity contribution in [3.8, 4) is 0 Å². The minimum atomic E-state index is -1.22. The topological polar surface area (TPSA) is 194 Å². The second-order valence-electron chi connectivity index (χ2n) is 11.6. The maximum atomic E-state index is 14.1. The van der Waals surface area contributed by atoms with E-state index >= 15 is 0 Å². The number of nitrogens with zero attached hydrogens (tertiary/aromatic N) is 3.